The zero-order valence-corrected chi connectivity index (χ0v) is 5.20. The fourth-order valence-corrected chi connectivity index (χ4v) is 0.304. The van der Waals surface area contributed by atoms with Crippen LogP contribution < -0.4 is 11.5 Å². The van der Waals surface area contributed by atoms with Gasteiger partial charge in [-0.15, -0.1) is 0 Å². The van der Waals surface area contributed by atoms with E-state index in [0.29, 0.717) is 0 Å². The lowest BCUT2D eigenvalue weighted by Crippen LogP contribution is -2.34. The first kappa shape index (κ1) is 11.6. The number of carbonyl (C=O) groups is 2. The molecule has 0 unspecified atom stereocenters. The van der Waals surface area contributed by atoms with E-state index in [2.05, 4.69) is 5.73 Å². The molecular weight excluding hydrogens is 141 g/mol. The van der Waals surface area contributed by atoms with Crippen molar-refractivity contribution in [2.24, 2.45) is 11.5 Å². The van der Waals surface area contributed by atoms with Gasteiger partial charge in [-0.2, -0.15) is 0 Å². The minimum absolute atomic E-state index is 0. The third-order valence-electron chi connectivity index (χ3n) is 0.738. The van der Waals surface area contributed by atoms with Crippen LogP contribution in [0.2, 0.25) is 0 Å². The molecule has 0 saturated carbocycles. The van der Waals surface area contributed by atoms with Crippen LogP contribution in [0.5, 0.6) is 0 Å². The average Bonchev–Trinajstić information content (AvgIpc) is 1.63. The number of amides is 1. The van der Waals surface area contributed by atoms with Crippen LogP contribution in [0.1, 0.15) is 6.42 Å². The first-order valence-electron chi connectivity index (χ1n) is 2.30. The van der Waals surface area contributed by atoms with Crippen LogP contribution in [0.15, 0.2) is 0 Å². The molecule has 0 aliphatic rings. The largest absolute Gasteiger partial charge is 0.480 e. The molecule has 0 aromatic rings. The highest BCUT2D eigenvalue weighted by Gasteiger charge is 2.13. The Morgan fingerprint density at radius 1 is 1.50 bits per heavy atom. The molecule has 1 atom stereocenters. The van der Waals surface area contributed by atoms with Crippen molar-refractivity contribution in [1.29, 1.82) is 0 Å². The molecule has 0 rings (SSSR count). The Hall–Kier alpha value is -1.14. The number of carboxylic acid groups (broad SMARTS) is 1. The Bertz CT molecular complexity index is 135. The Morgan fingerprint density at radius 2 is 1.90 bits per heavy atom. The molecule has 0 aliphatic carbocycles. The molecule has 0 aliphatic heterocycles. The van der Waals surface area contributed by atoms with Gasteiger partial charge in [-0.25, -0.2) is 0 Å². The van der Waals surface area contributed by atoms with Gasteiger partial charge in [-0.05, 0) is 0 Å². The Morgan fingerprint density at radius 3 is 2.00 bits per heavy atom. The van der Waals surface area contributed by atoms with E-state index in [0.717, 1.165) is 0 Å². The van der Waals surface area contributed by atoms with E-state index >= 15 is 0 Å². The summed E-state index contributed by atoms with van der Waals surface area (Å²) in [5.41, 5.74) is 9.57. The Balaban J connectivity index is 0. The van der Waals surface area contributed by atoms with Crippen molar-refractivity contribution in [2.75, 3.05) is 0 Å². The van der Waals surface area contributed by atoms with Crippen LogP contribution in [0.4, 0.5) is 0 Å². The highest BCUT2D eigenvalue weighted by molar-refractivity contribution is 5.82. The molecule has 0 aromatic carbocycles. The van der Waals surface area contributed by atoms with Crippen LogP contribution in [-0.4, -0.2) is 28.5 Å². The van der Waals surface area contributed by atoms with Gasteiger partial charge in [0, 0.05) is 0 Å². The first-order chi connectivity index (χ1) is 4.04. The summed E-state index contributed by atoms with van der Waals surface area (Å²) in [4.78, 5) is 19.9. The minimum atomic E-state index is -1.21. The van der Waals surface area contributed by atoms with Crippen molar-refractivity contribution < 1.29 is 20.2 Å². The highest BCUT2D eigenvalue weighted by atomic mass is 16.4. The number of carboxylic acids is 1. The van der Waals surface area contributed by atoms with E-state index in [-0.39, 0.29) is 11.9 Å². The maximum Gasteiger partial charge on any atom is 0.321 e. The van der Waals surface area contributed by atoms with Crippen molar-refractivity contribution in [3.05, 3.63) is 0 Å². The molecule has 0 bridgehead atoms. The quantitative estimate of drug-likeness (QED) is 0.382. The summed E-state index contributed by atoms with van der Waals surface area (Å²) in [6.07, 6.45) is -0.310. The summed E-state index contributed by atoms with van der Waals surface area (Å²) in [5, 5.41) is 8.10. The first-order valence-corrected chi connectivity index (χ1v) is 2.30. The molecule has 7 N–H and O–H groups in total. The summed E-state index contributed by atoms with van der Waals surface area (Å²) < 4.78 is 0. The second-order valence-corrected chi connectivity index (χ2v) is 1.62. The molecular formula is C4H10N2O4. The third kappa shape index (κ3) is 5.01. The number of aliphatic carboxylic acids is 1. The number of rotatable bonds is 3. The molecule has 6 nitrogen and oxygen atoms in total. The van der Waals surface area contributed by atoms with E-state index in [1.54, 1.807) is 0 Å². The molecule has 10 heavy (non-hydrogen) atoms. The van der Waals surface area contributed by atoms with Gasteiger partial charge in [0.15, 0.2) is 0 Å². The van der Waals surface area contributed by atoms with Gasteiger partial charge in [0.1, 0.15) is 6.04 Å². The van der Waals surface area contributed by atoms with E-state index < -0.39 is 17.9 Å². The number of carbonyl (C=O) groups excluding carboxylic acids is 1. The average molecular weight is 151 g/mol. The molecule has 60 valence electrons. The fraction of sp³-hybridized carbons (Fsp3) is 0.500. The van der Waals surface area contributed by atoms with Crippen LogP contribution in [0, 0.1) is 0 Å². The normalized spacial score (nSPS) is 11.3. The van der Waals surface area contributed by atoms with Crippen LogP contribution in [0.3, 0.4) is 0 Å². The predicted octanol–water partition coefficient (Wildman–Crippen LogP) is -2.55. The van der Waals surface area contributed by atoms with Gasteiger partial charge in [-0.1, -0.05) is 0 Å². The number of primary amides is 1. The lowest BCUT2D eigenvalue weighted by atomic mass is 10.3. The van der Waals surface area contributed by atoms with Crippen molar-refractivity contribution in [3.63, 3.8) is 0 Å². The third-order valence-corrected chi connectivity index (χ3v) is 0.738. The van der Waals surface area contributed by atoms with Crippen molar-refractivity contribution >= 4 is 11.9 Å². The zero-order valence-electron chi connectivity index (χ0n) is 5.20. The molecule has 0 aromatic heterocycles. The summed E-state index contributed by atoms with van der Waals surface area (Å²) in [6.45, 7) is 0. The Kier molecular flexibility index (Phi) is 5.48. The van der Waals surface area contributed by atoms with Gasteiger partial charge in [-0.3, -0.25) is 9.59 Å². The molecule has 0 radical (unpaired) electrons. The van der Waals surface area contributed by atoms with Crippen molar-refractivity contribution in [2.45, 2.75) is 12.5 Å². The van der Waals surface area contributed by atoms with Crippen molar-refractivity contribution in [1.82, 2.24) is 0 Å². The maximum atomic E-state index is 9.99. The van der Waals surface area contributed by atoms with Crippen LogP contribution >= 0.6 is 0 Å². The van der Waals surface area contributed by atoms with Gasteiger partial charge in [0.25, 0.3) is 0 Å². The van der Waals surface area contributed by atoms with Gasteiger partial charge in [0.2, 0.25) is 5.91 Å². The van der Waals surface area contributed by atoms with Gasteiger partial charge in [0.05, 0.1) is 6.42 Å². The van der Waals surface area contributed by atoms with E-state index in [4.69, 9.17) is 10.8 Å². The van der Waals surface area contributed by atoms with Gasteiger partial charge < -0.3 is 22.1 Å². The lowest BCUT2D eigenvalue weighted by molar-refractivity contribution is -0.140. The number of nitrogens with two attached hydrogens (primary N) is 2. The molecule has 0 spiro atoms. The second-order valence-electron chi connectivity index (χ2n) is 1.62. The lowest BCUT2D eigenvalue weighted by Gasteiger charge is -1.99. The molecule has 0 fully saturated rings. The zero-order chi connectivity index (χ0) is 7.44. The standard InChI is InChI=1S/C4H8N2O3.H2O/c5-2(4(8)9)1-3(6)7;/h2H,1,5H2,(H2,6,7)(H,8,9);1H2/t2-;/m0./s1/i3+1;. The Labute approximate surface area is 57.1 Å². The number of hydrogen-bond donors (Lipinski definition) is 3. The maximum absolute atomic E-state index is 9.99. The molecule has 0 saturated heterocycles. The second kappa shape index (κ2) is 4.71. The summed E-state index contributed by atoms with van der Waals surface area (Å²) in [6, 6.07) is -1.16. The van der Waals surface area contributed by atoms with Gasteiger partial charge >= 0.3 is 5.97 Å². The summed E-state index contributed by atoms with van der Waals surface area (Å²) in [5.74, 6) is -1.92. The van der Waals surface area contributed by atoms with Crippen molar-refractivity contribution in [3.8, 4) is 0 Å². The van der Waals surface area contributed by atoms with Crippen LogP contribution in [0.25, 0.3) is 0 Å². The highest BCUT2D eigenvalue weighted by Crippen LogP contribution is 1.84. The fourth-order valence-electron chi connectivity index (χ4n) is 0.304. The predicted molar refractivity (Wildman–Crippen MR) is 33.0 cm³/mol. The SMILES string of the molecule is N[C@@H](C[13C](N)=O)C(=O)O.O. The van der Waals surface area contributed by atoms with E-state index in [1.165, 1.54) is 0 Å². The minimum Gasteiger partial charge on any atom is -0.480 e. The van der Waals surface area contributed by atoms with Crippen LogP contribution in [-0.2, 0) is 9.59 Å². The summed E-state index contributed by atoms with van der Waals surface area (Å²) in [7, 11) is 0. The molecule has 6 heteroatoms. The topological polar surface area (TPSA) is 138 Å². The smallest absolute Gasteiger partial charge is 0.321 e. The van der Waals surface area contributed by atoms with E-state index in [9.17, 15) is 9.59 Å². The monoisotopic (exact) mass is 151 g/mol. The number of hydrogen-bond acceptors (Lipinski definition) is 3. The van der Waals surface area contributed by atoms with E-state index in [1.807, 2.05) is 0 Å². The molecule has 1 amide bonds. The summed E-state index contributed by atoms with van der Waals surface area (Å²) >= 11 is 0. The molecule has 0 heterocycles.